The van der Waals surface area contributed by atoms with E-state index in [1.807, 2.05) is 25.1 Å². The molecule has 0 aromatic heterocycles. The van der Waals surface area contributed by atoms with Gasteiger partial charge < -0.3 is 14.4 Å². The van der Waals surface area contributed by atoms with Crippen LogP contribution in [0.5, 0.6) is 11.5 Å². The average molecular weight is 436 g/mol. The molecule has 5 nitrogen and oxygen atoms in total. The van der Waals surface area contributed by atoms with Crippen molar-refractivity contribution in [3.63, 3.8) is 0 Å². The van der Waals surface area contributed by atoms with E-state index in [9.17, 15) is 9.59 Å². The molecule has 32 heavy (non-hydrogen) atoms. The number of carbonyl (C=O) groups excluding carboxylic acids is 2. The summed E-state index contributed by atoms with van der Waals surface area (Å²) < 4.78 is 11.8. The first kappa shape index (κ1) is 24.9. The lowest BCUT2D eigenvalue weighted by molar-refractivity contribution is 0.0827. The summed E-state index contributed by atoms with van der Waals surface area (Å²) in [4.78, 5) is 26.3. The lowest BCUT2D eigenvalue weighted by Gasteiger charge is -2.15. The Morgan fingerprint density at radius 3 is 2.09 bits per heavy atom. The van der Waals surface area contributed by atoms with Crippen molar-refractivity contribution in [2.45, 2.75) is 33.1 Å². The molecule has 0 saturated carbocycles. The largest absolute Gasteiger partial charge is 0.493 e. The maximum Gasteiger partial charge on any atom is 0.253 e. The van der Waals surface area contributed by atoms with Gasteiger partial charge in [-0.1, -0.05) is 32.1 Å². The van der Waals surface area contributed by atoms with Crippen LogP contribution in [-0.4, -0.2) is 43.9 Å². The van der Waals surface area contributed by atoms with Gasteiger partial charge in [0.2, 0.25) is 0 Å². The van der Waals surface area contributed by atoms with E-state index in [1.165, 1.54) is 11.0 Å². The number of ether oxygens (including phenoxy) is 2. The molecule has 0 fully saturated rings. The zero-order chi connectivity index (χ0) is 23.5. The summed E-state index contributed by atoms with van der Waals surface area (Å²) in [5, 5.41) is 0. The first-order valence-corrected chi connectivity index (χ1v) is 11.0. The zero-order valence-electron chi connectivity index (χ0n) is 19.5. The highest BCUT2D eigenvalue weighted by Gasteiger charge is 2.12. The van der Waals surface area contributed by atoms with Crippen LogP contribution in [0.25, 0.3) is 6.08 Å². The van der Waals surface area contributed by atoms with Crippen LogP contribution in [0, 0.1) is 0 Å². The predicted octanol–water partition coefficient (Wildman–Crippen LogP) is 5.59. The maximum absolute atomic E-state index is 12.7. The predicted molar refractivity (Wildman–Crippen MR) is 130 cm³/mol. The lowest BCUT2D eigenvalue weighted by Crippen LogP contribution is -2.21. The summed E-state index contributed by atoms with van der Waals surface area (Å²) >= 11 is 0. The fourth-order valence-electron chi connectivity index (χ4n) is 3.05. The maximum atomic E-state index is 12.7. The molecule has 0 aliphatic carbocycles. The molecule has 2 rings (SSSR count). The first-order valence-electron chi connectivity index (χ1n) is 11.0. The second kappa shape index (κ2) is 12.5. The van der Waals surface area contributed by atoms with E-state index in [0.29, 0.717) is 36.5 Å². The third-order valence-corrected chi connectivity index (χ3v) is 4.72. The van der Waals surface area contributed by atoms with E-state index in [0.717, 1.165) is 29.7 Å². The number of hydrogen-bond donors (Lipinski definition) is 0. The van der Waals surface area contributed by atoms with Gasteiger partial charge in [0.15, 0.2) is 5.78 Å². The Morgan fingerprint density at radius 1 is 0.938 bits per heavy atom. The highest BCUT2D eigenvalue weighted by molar-refractivity contribution is 6.07. The summed E-state index contributed by atoms with van der Waals surface area (Å²) in [5.41, 5.74) is 2.87. The number of ketones is 1. The Morgan fingerprint density at radius 2 is 1.53 bits per heavy atom. The molecule has 0 heterocycles. The standard InChI is InChI=1S/C27H33NO4/c1-6-9-22-18-23(26(32-17-8-3)19-25(22)31-16-7-2)14-15-24(29)20-10-12-21(13-11-20)27(30)28(4)5/h6,10-15,18-19H,1,7-9,16-17H2,2-5H3. The van der Waals surface area contributed by atoms with Gasteiger partial charge >= 0.3 is 0 Å². The molecule has 170 valence electrons. The van der Waals surface area contributed by atoms with Crippen molar-refractivity contribution in [2.75, 3.05) is 27.3 Å². The third-order valence-electron chi connectivity index (χ3n) is 4.72. The Labute approximate surface area is 191 Å². The molecule has 5 heteroatoms. The molecule has 0 spiro atoms. The number of allylic oxidation sites excluding steroid dienone is 2. The molecule has 2 aromatic carbocycles. The van der Waals surface area contributed by atoms with E-state index >= 15 is 0 Å². The average Bonchev–Trinajstić information content (AvgIpc) is 2.80. The molecule has 0 N–H and O–H groups in total. The van der Waals surface area contributed by atoms with Crippen molar-refractivity contribution in [3.8, 4) is 11.5 Å². The molecule has 1 amide bonds. The van der Waals surface area contributed by atoms with Crippen molar-refractivity contribution in [1.82, 2.24) is 4.90 Å². The Bertz CT molecular complexity index is 958. The summed E-state index contributed by atoms with van der Waals surface area (Å²) in [5.74, 6) is 1.22. The molecule has 0 unspecified atom stereocenters. The van der Waals surface area contributed by atoms with E-state index in [2.05, 4.69) is 13.5 Å². The van der Waals surface area contributed by atoms with Gasteiger partial charge in [0.25, 0.3) is 5.91 Å². The second-order valence-corrected chi connectivity index (χ2v) is 7.66. The van der Waals surface area contributed by atoms with Crippen LogP contribution in [-0.2, 0) is 6.42 Å². The van der Waals surface area contributed by atoms with E-state index in [1.54, 1.807) is 44.4 Å². The van der Waals surface area contributed by atoms with Crippen LogP contribution in [0.2, 0.25) is 0 Å². The van der Waals surface area contributed by atoms with Crippen molar-refractivity contribution >= 4 is 17.8 Å². The van der Waals surface area contributed by atoms with Crippen molar-refractivity contribution in [1.29, 1.82) is 0 Å². The van der Waals surface area contributed by atoms with Gasteiger partial charge in [-0.3, -0.25) is 9.59 Å². The topological polar surface area (TPSA) is 55.8 Å². The molecule has 2 aromatic rings. The summed E-state index contributed by atoms with van der Waals surface area (Å²) in [6, 6.07) is 10.6. The highest BCUT2D eigenvalue weighted by Crippen LogP contribution is 2.31. The van der Waals surface area contributed by atoms with Crippen LogP contribution < -0.4 is 9.47 Å². The van der Waals surface area contributed by atoms with Gasteiger partial charge in [0.1, 0.15) is 11.5 Å². The van der Waals surface area contributed by atoms with E-state index in [-0.39, 0.29) is 11.7 Å². The van der Waals surface area contributed by atoms with Gasteiger partial charge in [-0.15, -0.1) is 6.58 Å². The molecule has 0 bridgehead atoms. The van der Waals surface area contributed by atoms with Crippen molar-refractivity contribution in [2.24, 2.45) is 0 Å². The van der Waals surface area contributed by atoms with Crippen LogP contribution in [0.3, 0.4) is 0 Å². The Hall–Kier alpha value is -3.34. The SMILES string of the molecule is C=CCc1cc(C=CC(=O)c2ccc(C(=O)N(C)C)cc2)c(OCCC)cc1OCCC. The molecular formula is C27H33NO4. The van der Waals surface area contributed by atoms with Crippen LogP contribution in [0.1, 0.15) is 58.5 Å². The Balaban J connectivity index is 2.31. The molecule has 0 aliphatic rings. The minimum Gasteiger partial charge on any atom is -0.493 e. The monoisotopic (exact) mass is 435 g/mol. The van der Waals surface area contributed by atoms with Crippen LogP contribution >= 0.6 is 0 Å². The summed E-state index contributed by atoms with van der Waals surface area (Å²) in [7, 11) is 3.39. The molecule has 0 radical (unpaired) electrons. The first-order chi connectivity index (χ1) is 15.4. The van der Waals surface area contributed by atoms with Gasteiger partial charge in [-0.25, -0.2) is 0 Å². The van der Waals surface area contributed by atoms with Crippen LogP contribution in [0.15, 0.2) is 55.1 Å². The summed E-state index contributed by atoms with van der Waals surface area (Å²) in [6.07, 6.45) is 7.57. The molecule has 0 aliphatic heterocycles. The van der Waals surface area contributed by atoms with Gasteiger partial charge in [0.05, 0.1) is 13.2 Å². The van der Waals surface area contributed by atoms with Crippen molar-refractivity contribution in [3.05, 3.63) is 77.4 Å². The normalized spacial score (nSPS) is 10.8. The van der Waals surface area contributed by atoms with Gasteiger partial charge in [-0.05, 0) is 55.2 Å². The number of carbonyl (C=O) groups is 2. The number of hydrogen-bond acceptors (Lipinski definition) is 4. The summed E-state index contributed by atoms with van der Waals surface area (Å²) in [6.45, 7) is 9.14. The quantitative estimate of drug-likeness (QED) is 0.248. The van der Waals surface area contributed by atoms with E-state index < -0.39 is 0 Å². The lowest BCUT2D eigenvalue weighted by atomic mass is 10.0. The molecule has 0 saturated heterocycles. The molecular weight excluding hydrogens is 402 g/mol. The number of amides is 1. The fraction of sp³-hybridized carbons (Fsp3) is 0.333. The van der Waals surface area contributed by atoms with E-state index in [4.69, 9.17) is 9.47 Å². The minimum absolute atomic E-state index is 0.0996. The smallest absolute Gasteiger partial charge is 0.253 e. The third kappa shape index (κ3) is 6.84. The number of nitrogens with zero attached hydrogens (tertiary/aromatic N) is 1. The van der Waals surface area contributed by atoms with Gasteiger partial charge in [-0.2, -0.15) is 0 Å². The van der Waals surface area contributed by atoms with Gasteiger partial charge in [0, 0.05) is 36.9 Å². The van der Waals surface area contributed by atoms with Crippen LogP contribution in [0.4, 0.5) is 0 Å². The number of benzene rings is 2. The molecule has 0 atom stereocenters. The number of rotatable bonds is 12. The Kier molecular flexibility index (Phi) is 9.74. The highest BCUT2D eigenvalue weighted by atomic mass is 16.5. The fourth-order valence-corrected chi connectivity index (χ4v) is 3.05. The zero-order valence-corrected chi connectivity index (χ0v) is 19.5. The second-order valence-electron chi connectivity index (χ2n) is 7.66. The minimum atomic E-state index is -0.146. The van der Waals surface area contributed by atoms with Crippen molar-refractivity contribution < 1.29 is 19.1 Å².